The maximum atomic E-state index is 12.4. The van der Waals surface area contributed by atoms with Crippen LogP contribution >= 0.6 is 12.4 Å². The number of hydrogen-bond acceptors (Lipinski definition) is 4. The normalized spacial score (nSPS) is 17.2. The highest BCUT2D eigenvalue weighted by atomic mass is 35.5. The Kier molecular flexibility index (Phi) is 7.70. The molecule has 2 amide bonds. The molecule has 0 aliphatic carbocycles. The highest BCUT2D eigenvalue weighted by Gasteiger charge is 2.35. The second-order valence-electron chi connectivity index (χ2n) is 6.39. The SMILES string of the molecule is CCC(N)(CC)CNC(=O)C1CC(=O)N(c2ccc(OC)cc2)C1.Cl. The summed E-state index contributed by atoms with van der Waals surface area (Å²) in [6, 6.07) is 7.27. The summed E-state index contributed by atoms with van der Waals surface area (Å²) < 4.78 is 5.12. The van der Waals surface area contributed by atoms with E-state index in [9.17, 15) is 9.59 Å². The van der Waals surface area contributed by atoms with E-state index in [1.807, 2.05) is 26.0 Å². The average molecular weight is 370 g/mol. The fraction of sp³-hybridized carbons (Fsp3) is 0.556. The molecule has 0 saturated carbocycles. The van der Waals surface area contributed by atoms with Crippen molar-refractivity contribution in [2.45, 2.75) is 38.6 Å². The largest absolute Gasteiger partial charge is 0.497 e. The van der Waals surface area contributed by atoms with Crippen molar-refractivity contribution in [3.05, 3.63) is 24.3 Å². The van der Waals surface area contributed by atoms with Gasteiger partial charge in [0.1, 0.15) is 5.75 Å². The zero-order valence-corrected chi connectivity index (χ0v) is 15.9. The van der Waals surface area contributed by atoms with Gasteiger partial charge in [0, 0.05) is 30.7 Å². The summed E-state index contributed by atoms with van der Waals surface area (Å²) in [5.41, 5.74) is 6.62. The molecule has 3 N–H and O–H groups in total. The average Bonchev–Trinajstić information content (AvgIpc) is 3.01. The molecule has 25 heavy (non-hydrogen) atoms. The van der Waals surface area contributed by atoms with Crippen LogP contribution in [0.5, 0.6) is 5.75 Å². The molecule has 2 rings (SSSR count). The number of amides is 2. The molecule has 0 spiro atoms. The van der Waals surface area contributed by atoms with Gasteiger partial charge in [-0.2, -0.15) is 0 Å². The minimum atomic E-state index is -0.381. The third-order valence-corrected chi connectivity index (χ3v) is 4.90. The van der Waals surface area contributed by atoms with Gasteiger partial charge in [-0.05, 0) is 37.1 Å². The summed E-state index contributed by atoms with van der Waals surface area (Å²) in [6.45, 7) is 4.86. The summed E-state index contributed by atoms with van der Waals surface area (Å²) in [5, 5.41) is 2.92. The number of anilines is 1. The van der Waals surface area contributed by atoms with E-state index in [2.05, 4.69) is 5.32 Å². The number of carbonyl (C=O) groups is 2. The molecule has 7 heteroatoms. The van der Waals surface area contributed by atoms with Gasteiger partial charge in [-0.15, -0.1) is 12.4 Å². The zero-order valence-electron chi connectivity index (χ0n) is 15.1. The van der Waals surface area contributed by atoms with Gasteiger partial charge >= 0.3 is 0 Å². The number of nitrogens with two attached hydrogens (primary N) is 1. The van der Waals surface area contributed by atoms with Crippen molar-refractivity contribution < 1.29 is 14.3 Å². The zero-order chi connectivity index (χ0) is 17.7. The second kappa shape index (κ2) is 9.06. The molecule has 0 aromatic heterocycles. The van der Waals surface area contributed by atoms with E-state index in [0.717, 1.165) is 24.3 Å². The maximum absolute atomic E-state index is 12.4. The van der Waals surface area contributed by atoms with E-state index in [1.165, 1.54) is 0 Å². The molecule has 140 valence electrons. The lowest BCUT2D eigenvalue weighted by molar-refractivity contribution is -0.126. The predicted octanol–water partition coefficient (Wildman–Crippen LogP) is 2.10. The number of nitrogens with one attached hydrogen (secondary N) is 1. The van der Waals surface area contributed by atoms with Crippen LogP contribution in [0, 0.1) is 5.92 Å². The Morgan fingerprint density at radius 3 is 2.44 bits per heavy atom. The first-order valence-electron chi connectivity index (χ1n) is 8.43. The van der Waals surface area contributed by atoms with Gasteiger partial charge in [-0.25, -0.2) is 0 Å². The van der Waals surface area contributed by atoms with Crippen LogP contribution in [0.25, 0.3) is 0 Å². The molecule has 1 saturated heterocycles. The first kappa shape index (κ1) is 21.3. The Bertz CT molecular complexity index is 588. The lowest BCUT2D eigenvalue weighted by Crippen LogP contribution is -2.50. The smallest absolute Gasteiger partial charge is 0.227 e. The van der Waals surface area contributed by atoms with Crippen molar-refractivity contribution in [1.29, 1.82) is 0 Å². The first-order chi connectivity index (χ1) is 11.4. The number of hydrogen-bond donors (Lipinski definition) is 2. The number of halogens is 1. The first-order valence-corrected chi connectivity index (χ1v) is 8.43. The van der Waals surface area contributed by atoms with Gasteiger partial charge < -0.3 is 20.7 Å². The molecule has 1 heterocycles. The van der Waals surface area contributed by atoms with Crippen LogP contribution in [0.4, 0.5) is 5.69 Å². The van der Waals surface area contributed by atoms with E-state index >= 15 is 0 Å². The Balaban J connectivity index is 0.00000312. The Morgan fingerprint density at radius 1 is 1.32 bits per heavy atom. The fourth-order valence-corrected chi connectivity index (χ4v) is 2.80. The maximum Gasteiger partial charge on any atom is 0.227 e. The van der Waals surface area contributed by atoms with Crippen LogP contribution in [-0.4, -0.2) is 37.6 Å². The van der Waals surface area contributed by atoms with Crippen LogP contribution in [0.2, 0.25) is 0 Å². The van der Waals surface area contributed by atoms with Crippen LogP contribution in [0.15, 0.2) is 24.3 Å². The van der Waals surface area contributed by atoms with Gasteiger partial charge in [0.2, 0.25) is 11.8 Å². The minimum absolute atomic E-state index is 0. The van der Waals surface area contributed by atoms with Gasteiger partial charge in [0.05, 0.1) is 13.0 Å². The van der Waals surface area contributed by atoms with Crippen LogP contribution in [-0.2, 0) is 9.59 Å². The van der Waals surface area contributed by atoms with Gasteiger partial charge in [0.25, 0.3) is 0 Å². The van der Waals surface area contributed by atoms with Crippen LogP contribution < -0.4 is 20.7 Å². The predicted molar refractivity (Wildman–Crippen MR) is 101 cm³/mol. The highest BCUT2D eigenvalue weighted by Crippen LogP contribution is 2.27. The van der Waals surface area contributed by atoms with Crippen molar-refractivity contribution in [1.82, 2.24) is 5.32 Å². The van der Waals surface area contributed by atoms with E-state index in [1.54, 1.807) is 24.1 Å². The lowest BCUT2D eigenvalue weighted by Gasteiger charge is -2.27. The molecule has 1 aliphatic heterocycles. The van der Waals surface area contributed by atoms with Gasteiger partial charge in [-0.3, -0.25) is 9.59 Å². The summed E-state index contributed by atoms with van der Waals surface area (Å²) in [4.78, 5) is 26.3. The third-order valence-electron chi connectivity index (χ3n) is 4.90. The van der Waals surface area contributed by atoms with Crippen molar-refractivity contribution in [3.63, 3.8) is 0 Å². The summed E-state index contributed by atoms with van der Waals surface area (Å²) >= 11 is 0. The molecule has 1 unspecified atom stereocenters. The van der Waals surface area contributed by atoms with Crippen molar-refractivity contribution in [3.8, 4) is 5.75 Å². The molecular weight excluding hydrogens is 342 g/mol. The fourth-order valence-electron chi connectivity index (χ4n) is 2.80. The molecule has 1 aromatic carbocycles. The minimum Gasteiger partial charge on any atom is -0.497 e. The molecular formula is C18H28ClN3O3. The highest BCUT2D eigenvalue weighted by molar-refractivity contribution is 6.00. The number of rotatable bonds is 7. The number of ether oxygens (including phenoxy) is 1. The Labute approximate surface area is 155 Å². The lowest BCUT2D eigenvalue weighted by atomic mass is 9.94. The van der Waals surface area contributed by atoms with E-state index in [-0.39, 0.29) is 42.1 Å². The van der Waals surface area contributed by atoms with Crippen molar-refractivity contribution in [2.24, 2.45) is 11.7 Å². The Morgan fingerprint density at radius 2 is 1.92 bits per heavy atom. The number of methoxy groups -OCH3 is 1. The second-order valence-corrected chi connectivity index (χ2v) is 6.39. The Hall–Kier alpha value is -1.79. The van der Waals surface area contributed by atoms with E-state index in [4.69, 9.17) is 10.5 Å². The molecule has 0 radical (unpaired) electrons. The van der Waals surface area contributed by atoms with Crippen molar-refractivity contribution in [2.75, 3.05) is 25.1 Å². The summed E-state index contributed by atoms with van der Waals surface area (Å²) in [6.07, 6.45) is 1.82. The molecule has 0 bridgehead atoms. The van der Waals surface area contributed by atoms with E-state index < -0.39 is 0 Å². The van der Waals surface area contributed by atoms with E-state index in [0.29, 0.717) is 13.1 Å². The number of carbonyl (C=O) groups excluding carboxylic acids is 2. The molecule has 1 aliphatic rings. The third kappa shape index (κ3) is 5.09. The standard InChI is InChI=1S/C18H27N3O3.ClH/c1-4-18(19,5-2)12-20-17(23)13-10-16(22)21(11-13)14-6-8-15(24-3)9-7-14;/h6-9,13H,4-5,10-12,19H2,1-3H3,(H,20,23);1H. The summed E-state index contributed by atoms with van der Waals surface area (Å²) in [7, 11) is 1.60. The summed E-state index contributed by atoms with van der Waals surface area (Å²) in [5.74, 6) is 0.261. The van der Waals surface area contributed by atoms with Gasteiger partial charge in [-0.1, -0.05) is 13.8 Å². The topological polar surface area (TPSA) is 84.7 Å². The van der Waals surface area contributed by atoms with Crippen molar-refractivity contribution >= 4 is 29.9 Å². The molecule has 1 fully saturated rings. The number of benzene rings is 1. The monoisotopic (exact) mass is 369 g/mol. The number of nitrogens with zero attached hydrogens (tertiary/aromatic N) is 1. The van der Waals surface area contributed by atoms with Crippen LogP contribution in [0.3, 0.4) is 0 Å². The quantitative estimate of drug-likeness (QED) is 0.770. The van der Waals surface area contributed by atoms with Crippen LogP contribution in [0.1, 0.15) is 33.1 Å². The molecule has 6 nitrogen and oxygen atoms in total. The molecule has 1 aromatic rings. The van der Waals surface area contributed by atoms with Gasteiger partial charge in [0.15, 0.2) is 0 Å². The molecule has 1 atom stereocenters.